The van der Waals surface area contributed by atoms with E-state index in [1.165, 1.54) is 0 Å². The first kappa shape index (κ1) is 15.2. The van der Waals surface area contributed by atoms with Crippen LogP contribution in [0.4, 0.5) is 13.2 Å². The third kappa shape index (κ3) is 5.95. The maximum absolute atomic E-state index is 12.2. The number of nitrogens with two attached hydrogens (primary N) is 1. The molecule has 1 amide bonds. The Labute approximate surface area is 93.8 Å². The van der Waals surface area contributed by atoms with E-state index >= 15 is 0 Å². The normalized spacial score (nSPS) is 14.0. The van der Waals surface area contributed by atoms with E-state index in [2.05, 4.69) is 0 Å². The molecule has 0 fully saturated rings. The van der Waals surface area contributed by atoms with Crippen molar-refractivity contribution in [3.63, 3.8) is 0 Å². The second-order valence-corrected chi connectivity index (χ2v) is 4.10. The number of nitrogens with zero attached hydrogens (tertiary/aromatic N) is 1. The molecule has 6 heteroatoms. The average molecular weight is 240 g/mol. The molecule has 2 N–H and O–H groups in total. The molecule has 1 unspecified atom stereocenters. The summed E-state index contributed by atoms with van der Waals surface area (Å²) in [5, 5.41) is 0. The van der Waals surface area contributed by atoms with Gasteiger partial charge in [0, 0.05) is 18.5 Å². The Hall–Kier alpha value is -0.780. The van der Waals surface area contributed by atoms with E-state index in [0.717, 1.165) is 4.90 Å². The van der Waals surface area contributed by atoms with Crippen LogP contribution in [0.25, 0.3) is 0 Å². The summed E-state index contributed by atoms with van der Waals surface area (Å²) in [6, 6.07) is -0.847. The molecule has 0 aromatic rings. The van der Waals surface area contributed by atoms with Crippen LogP contribution in [0.2, 0.25) is 0 Å². The van der Waals surface area contributed by atoms with Gasteiger partial charge in [-0.3, -0.25) is 4.79 Å². The van der Waals surface area contributed by atoms with Gasteiger partial charge in [-0.1, -0.05) is 6.92 Å². The van der Waals surface area contributed by atoms with Crippen LogP contribution in [0.5, 0.6) is 0 Å². The molecular formula is C10H19F3N2O. The average Bonchev–Trinajstić information content (AvgIpc) is 2.12. The Balaban J connectivity index is 4.48. The highest BCUT2D eigenvalue weighted by atomic mass is 19.4. The zero-order chi connectivity index (χ0) is 12.9. The van der Waals surface area contributed by atoms with Gasteiger partial charge in [-0.25, -0.2) is 0 Å². The molecule has 1 atom stereocenters. The number of alkyl halides is 3. The van der Waals surface area contributed by atoms with Crippen molar-refractivity contribution in [3.05, 3.63) is 0 Å². The van der Waals surface area contributed by atoms with Crippen molar-refractivity contribution in [2.24, 2.45) is 5.73 Å². The van der Waals surface area contributed by atoms with Crippen LogP contribution in [-0.4, -0.2) is 35.6 Å². The smallest absolute Gasteiger partial charge is 0.331 e. The van der Waals surface area contributed by atoms with Crippen LogP contribution in [-0.2, 0) is 4.79 Å². The van der Waals surface area contributed by atoms with Gasteiger partial charge in [-0.05, 0) is 20.3 Å². The highest BCUT2D eigenvalue weighted by molar-refractivity contribution is 5.77. The van der Waals surface area contributed by atoms with E-state index in [1.54, 1.807) is 20.8 Å². The maximum atomic E-state index is 12.2. The van der Waals surface area contributed by atoms with Gasteiger partial charge in [0.05, 0.1) is 0 Å². The van der Waals surface area contributed by atoms with Gasteiger partial charge in [-0.15, -0.1) is 0 Å². The van der Waals surface area contributed by atoms with E-state index in [1.807, 2.05) is 0 Å². The standard InChI is InChI=1S/C10H19F3N2O/c1-4-8(14)5-9(16)15(7(2)3)6-10(11,12)13/h7-8H,4-6,14H2,1-3H3. The van der Waals surface area contributed by atoms with Crippen LogP contribution in [0, 0.1) is 0 Å². The second-order valence-electron chi connectivity index (χ2n) is 4.10. The first-order valence-electron chi connectivity index (χ1n) is 5.29. The van der Waals surface area contributed by atoms with Crippen LogP contribution in [0.15, 0.2) is 0 Å². The van der Waals surface area contributed by atoms with Gasteiger partial charge in [0.1, 0.15) is 6.54 Å². The SMILES string of the molecule is CCC(N)CC(=O)N(CC(F)(F)F)C(C)C. The Bertz CT molecular complexity index is 229. The molecule has 0 aliphatic heterocycles. The second kappa shape index (κ2) is 6.08. The molecule has 0 aromatic heterocycles. The van der Waals surface area contributed by atoms with Crippen molar-refractivity contribution < 1.29 is 18.0 Å². The lowest BCUT2D eigenvalue weighted by molar-refractivity contribution is -0.164. The van der Waals surface area contributed by atoms with Crippen molar-refractivity contribution in [2.45, 2.75) is 51.9 Å². The Morgan fingerprint density at radius 2 is 1.88 bits per heavy atom. The van der Waals surface area contributed by atoms with E-state index in [4.69, 9.17) is 5.73 Å². The molecule has 0 aliphatic rings. The van der Waals surface area contributed by atoms with E-state index < -0.39 is 24.7 Å². The van der Waals surface area contributed by atoms with Crippen molar-refractivity contribution in [2.75, 3.05) is 6.54 Å². The monoisotopic (exact) mass is 240 g/mol. The molecule has 3 nitrogen and oxygen atoms in total. The molecule has 0 heterocycles. The fraction of sp³-hybridized carbons (Fsp3) is 0.900. The predicted molar refractivity (Wildman–Crippen MR) is 55.8 cm³/mol. The summed E-state index contributed by atoms with van der Waals surface area (Å²) in [7, 11) is 0. The van der Waals surface area contributed by atoms with Gasteiger partial charge >= 0.3 is 6.18 Å². The predicted octanol–water partition coefficient (Wildman–Crippen LogP) is 1.91. The van der Waals surface area contributed by atoms with E-state index in [9.17, 15) is 18.0 Å². The molecule has 0 bridgehead atoms. The fourth-order valence-electron chi connectivity index (χ4n) is 1.24. The van der Waals surface area contributed by atoms with Gasteiger partial charge in [0.2, 0.25) is 5.91 Å². The number of hydrogen-bond acceptors (Lipinski definition) is 2. The van der Waals surface area contributed by atoms with Crippen LogP contribution in [0.3, 0.4) is 0 Å². The van der Waals surface area contributed by atoms with Crippen molar-refractivity contribution in [1.82, 2.24) is 4.90 Å². The minimum absolute atomic E-state index is 0.0369. The number of amides is 1. The van der Waals surface area contributed by atoms with E-state index in [-0.39, 0.29) is 12.5 Å². The minimum atomic E-state index is -4.36. The first-order valence-corrected chi connectivity index (χ1v) is 5.29. The summed E-state index contributed by atoms with van der Waals surface area (Å²) in [6.07, 6.45) is -3.83. The van der Waals surface area contributed by atoms with Gasteiger partial charge in [0.25, 0.3) is 0 Å². The van der Waals surface area contributed by atoms with Crippen LogP contribution < -0.4 is 5.73 Å². The molecule has 0 aliphatic carbocycles. The highest BCUT2D eigenvalue weighted by Crippen LogP contribution is 2.19. The third-order valence-corrected chi connectivity index (χ3v) is 2.25. The van der Waals surface area contributed by atoms with E-state index in [0.29, 0.717) is 6.42 Å². The molecule has 0 saturated heterocycles. The summed E-state index contributed by atoms with van der Waals surface area (Å²) in [6.45, 7) is 3.70. The molecule has 0 saturated carbocycles. The molecule has 0 spiro atoms. The van der Waals surface area contributed by atoms with Gasteiger partial charge < -0.3 is 10.6 Å². The molecule has 0 radical (unpaired) electrons. The van der Waals surface area contributed by atoms with Crippen molar-refractivity contribution >= 4 is 5.91 Å². The largest absolute Gasteiger partial charge is 0.406 e. The quantitative estimate of drug-likeness (QED) is 0.798. The van der Waals surface area contributed by atoms with Gasteiger partial charge in [-0.2, -0.15) is 13.2 Å². The lowest BCUT2D eigenvalue weighted by Gasteiger charge is -2.28. The van der Waals surface area contributed by atoms with Crippen LogP contribution >= 0.6 is 0 Å². The lowest BCUT2D eigenvalue weighted by Crippen LogP contribution is -2.45. The molecule has 0 rings (SSSR count). The van der Waals surface area contributed by atoms with Crippen molar-refractivity contribution in [1.29, 1.82) is 0 Å². The maximum Gasteiger partial charge on any atom is 0.406 e. The lowest BCUT2D eigenvalue weighted by atomic mass is 10.1. The number of rotatable bonds is 5. The summed E-state index contributed by atoms with van der Waals surface area (Å²) >= 11 is 0. The number of hydrogen-bond donors (Lipinski definition) is 1. The summed E-state index contributed by atoms with van der Waals surface area (Å²) in [4.78, 5) is 12.4. The Kier molecular flexibility index (Phi) is 5.78. The van der Waals surface area contributed by atoms with Gasteiger partial charge in [0.15, 0.2) is 0 Å². The molecular weight excluding hydrogens is 221 g/mol. The summed E-state index contributed by atoms with van der Waals surface area (Å²) < 4.78 is 36.7. The number of carbonyl (C=O) groups excluding carboxylic acids is 1. The minimum Gasteiger partial charge on any atom is -0.331 e. The van der Waals surface area contributed by atoms with Crippen molar-refractivity contribution in [3.8, 4) is 0 Å². The molecule has 16 heavy (non-hydrogen) atoms. The Morgan fingerprint density at radius 3 is 2.19 bits per heavy atom. The van der Waals surface area contributed by atoms with Crippen LogP contribution in [0.1, 0.15) is 33.6 Å². The Morgan fingerprint density at radius 1 is 1.38 bits per heavy atom. The fourth-order valence-corrected chi connectivity index (χ4v) is 1.24. The third-order valence-electron chi connectivity index (χ3n) is 2.25. The highest BCUT2D eigenvalue weighted by Gasteiger charge is 2.34. The molecule has 96 valence electrons. The zero-order valence-electron chi connectivity index (χ0n) is 9.84. The summed E-state index contributed by atoms with van der Waals surface area (Å²) in [5.74, 6) is -0.540. The number of halogens is 3. The topological polar surface area (TPSA) is 46.3 Å². The zero-order valence-corrected chi connectivity index (χ0v) is 9.84. The first-order chi connectivity index (χ1) is 7.17. The molecule has 0 aromatic carbocycles. The number of carbonyl (C=O) groups is 1. The summed E-state index contributed by atoms with van der Waals surface area (Å²) in [5.41, 5.74) is 5.55.